The van der Waals surface area contributed by atoms with Gasteiger partial charge in [-0.15, -0.1) is 0 Å². The van der Waals surface area contributed by atoms with Crippen LogP contribution in [0.25, 0.3) is 0 Å². The molecule has 1 N–H and O–H groups in total. The summed E-state index contributed by atoms with van der Waals surface area (Å²) in [4.78, 5) is 4.91. The van der Waals surface area contributed by atoms with Gasteiger partial charge >= 0.3 is 0 Å². The summed E-state index contributed by atoms with van der Waals surface area (Å²) in [5.74, 6) is 0.387. The molecule has 0 radical (unpaired) electrons. The van der Waals surface area contributed by atoms with Gasteiger partial charge in [-0.3, -0.25) is 0 Å². The Hall–Kier alpha value is -0.610. The van der Waals surface area contributed by atoms with Crippen molar-refractivity contribution in [2.24, 2.45) is 5.92 Å². The first-order valence-electron chi connectivity index (χ1n) is 7.97. The van der Waals surface area contributed by atoms with Gasteiger partial charge < -0.3 is 14.9 Å². The molecule has 3 nitrogen and oxygen atoms in total. The first-order valence-corrected chi connectivity index (χ1v) is 8.35. The molecule has 3 rings (SSSR count). The van der Waals surface area contributed by atoms with Gasteiger partial charge in [0, 0.05) is 31.2 Å². The van der Waals surface area contributed by atoms with E-state index in [9.17, 15) is 5.11 Å². The molecule has 1 heterocycles. The highest BCUT2D eigenvalue weighted by Crippen LogP contribution is 2.48. The molecule has 0 bridgehead atoms. The first-order chi connectivity index (χ1) is 10.1. The van der Waals surface area contributed by atoms with Gasteiger partial charge in [-0.1, -0.05) is 23.7 Å². The molecule has 4 heteroatoms. The van der Waals surface area contributed by atoms with Crippen LogP contribution in [0.5, 0.6) is 0 Å². The maximum Gasteiger partial charge on any atom is 0.0925 e. The Kier molecular flexibility index (Phi) is 4.55. The highest BCUT2D eigenvalue weighted by atomic mass is 35.5. The number of aliphatic hydroxyl groups is 1. The average molecular weight is 309 g/mol. The standard InChI is InChI=1S/C17H25ClN2O/c1-19-10-12-20(13-11-19)9-7-15-6-8-17(15,21)14-2-4-16(18)5-3-14/h2-5,15,21H,6-13H2,1H3. The fourth-order valence-electron chi connectivity index (χ4n) is 3.53. The van der Waals surface area contributed by atoms with Gasteiger partial charge in [-0.05, 0) is 56.5 Å². The lowest BCUT2D eigenvalue weighted by Gasteiger charge is -2.47. The van der Waals surface area contributed by atoms with Crippen molar-refractivity contribution in [2.45, 2.75) is 24.9 Å². The summed E-state index contributed by atoms with van der Waals surface area (Å²) in [5, 5.41) is 11.7. The van der Waals surface area contributed by atoms with E-state index in [0.717, 1.165) is 62.6 Å². The summed E-state index contributed by atoms with van der Waals surface area (Å²) < 4.78 is 0. The fourth-order valence-corrected chi connectivity index (χ4v) is 3.66. The molecular formula is C17H25ClN2O. The molecule has 0 spiro atoms. The highest BCUT2D eigenvalue weighted by molar-refractivity contribution is 6.30. The molecule has 1 aromatic carbocycles. The molecule has 1 saturated carbocycles. The van der Waals surface area contributed by atoms with Crippen LogP contribution in [0.15, 0.2) is 24.3 Å². The smallest absolute Gasteiger partial charge is 0.0925 e. The number of halogens is 1. The topological polar surface area (TPSA) is 26.7 Å². The number of benzene rings is 1. The quantitative estimate of drug-likeness (QED) is 0.926. The molecule has 0 amide bonds. The van der Waals surface area contributed by atoms with Crippen molar-refractivity contribution in [1.29, 1.82) is 0 Å². The Bertz CT molecular complexity index is 470. The van der Waals surface area contributed by atoms with E-state index in [1.165, 1.54) is 0 Å². The second-order valence-electron chi connectivity index (χ2n) is 6.60. The highest BCUT2D eigenvalue weighted by Gasteiger charge is 2.46. The monoisotopic (exact) mass is 308 g/mol. The Labute approximate surface area is 132 Å². The minimum Gasteiger partial charge on any atom is -0.385 e. The van der Waals surface area contributed by atoms with Crippen LogP contribution in [0.1, 0.15) is 24.8 Å². The van der Waals surface area contributed by atoms with Gasteiger partial charge in [0.1, 0.15) is 0 Å². The van der Waals surface area contributed by atoms with Crippen molar-refractivity contribution < 1.29 is 5.11 Å². The molecule has 116 valence electrons. The zero-order chi connectivity index (χ0) is 14.9. The number of rotatable bonds is 4. The lowest BCUT2D eigenvalue weighted by molar-refractivity contribution is -0.107. The van der Waals surface area contributed by atoms with Gasteiger partial charge in [0.25, 0.3) is 0 Å². The fraction of sp³-hybridized carbons (Fsp3) is 0.647. The molecular weight excluding hydrogens is 284 g/mol. The third kappa shape index (κ3) is 3.26. The van der Waals surface area contributed by atoms with Crippen LogP contribution in [0.4, 0.5) is 0 Å². The second kappa shape index (κ2) is 6.25. The van der Waals surface area contributed by atoms with Gasteiger partial charge in [0.15, 0.2) is 0 Å². The van der Waals surface area contributed by atoms with Crippen LogP contribution >= 0.6 is 11.6 Å². The summed E-state index contributed by atoms with van der Waals surface area (Å²) in [7, 11) is 2.18. The van der Waals surface area contributed by atoms with E-state index < -0.39 is 5.60 Å². The Balaban J connectivity index is 1.55. The summed E-state index contributed by atoms with van der Waals surface area (Å²) >= 11 is 5.94. The minimum atomic E-state index is -0.628. The van der Waals surface area contributed by atoms with Crippen molar-refractivity contribution in [2.75, 3.05) is 39.8 Å². The first kappa shape index (κ1) is 15.3. The van der Waals surface area contributed by atoms with Crippen molar-refractivity contribution >= 4 is 11.6 Å². The molecule has 21 heavy (non-hydrogen) atoms. The van der Waals surface area contributed by atoms with Crippen LogP contribution in [0.3, 0.4) is 0 Å². The average Bonchev–Trinajstić information content (AvgIpc) is 2.48. The normalized spacial score (nSPS) is 31.1. The summed E-state index contributed by atoms with van der Waals surface area (Å²) in [6, 6.07) is 7.71. The number of hydrogen-bond acceptors (Lipinski definition) is 3. The molecule has 2 aliphatic rings. The summed E-state index contributed by atoms with van der Waals surface area (Å²) in [5.41, 5.74) is 0.401. The molecule has 2 unspecified atom stereocenters. The lowest BCUT2D eigenvalue weighted by atomic mass is 9.64. The van der Waals surface area contributed by atoms with Crippen LogP contribution in [-0.4, -0.2) is 54.7 Å². The molecule has 1 aliphatic carbocycles. The molecule has 1 aromatic rings. The number of piperazine rings is 1. The number of hydrogen-bond donors (Lipinski definition) is 1. The predicted octanol–water partition coefficient (Wildman–Crippen LogP) is 2.58. The van der Waals surface area contributed by atoms with Crippen molar-refractivity contribution in [3.05, 3.63) is 34.9 Å². The third-order valence-corrected chi connectivity index (χ3v) is 5.54. The zero-order valence-corrected chi connectivity index (χ0v) is 13.5. The van der Waals surface area contributed by atoms with Crippen LogP contribution in [0.2, 0.25) is 5.02 Å². The van der Waals surface area contributed by atoms with E-state index in [-0.39, 0.29) is 0 Å². The minimum absolute atomic E-state index is 0.387. The third-order valence-electron chi connectivity index (χ3n) is 5.28. The number of nitrogens with zero attached hydrogens (tertiary/aromatic N) is 2. The van der Waals surface area contributed by atoms with Crippen molar-refractivity contribution in [3.63, 3.8) is 0 Å². The zero-order valence-electron chi connectivity index (χ0n) is 12.8. The number of likely N-dealkylation sites (N-methyl/N-ethyl adjacent to an activating group) is 1. The van der Waals surface area contributed by atoms with Gasteiger partial charge in [0.2, 0.25) is 0 Å². The van der Waals surface area contributed by atoms with E-state index in [4.69, 9.17) is 11.6 Å². The van der Waals surface area contributed by atoms with E-state index in [0.29, 0.717) is 5.92 Å². The predicted molar refractivity (Wildman–Crippen MR) is 86.6 cm³/mol. The summed E-state index contributed by atoms with van der Waals surface area (Å²) in [6.07, 6.45) is 3.09. The molecule has 1 saturated heterocycles. The van der Waals surface area contributed by atoms with Gasteiger partial charge in [-0.2, -0.15) is 0 Å². The van der Waals surface area contributed by atoms with Gasteiger partial charge in [-0.25, -0.2) is 0 Å². The van der Waals surface area contributed by atoms with Crippen LogP contribution in [-0.2, 0) is 5.60 Å². The molecule has 2 fully saturated rings. The van der Waals surface area contributed by atoms with E-state index in [2.05, 4.69) is 16.8 Å². The largest absolute Gasteiger partial charge is 0.385 e. The second-order valence-corrected chi connectivity index (χ2v) is 7.04. The lowest BCUT2D eigenvalue weighted by Crippen LogP contribution is -2.48. The Morgan fingerprint density at radius 2 is 1.86 bits per heavy atom. The van der Waals surface area contributed by atoms with E-state index >= 15 is 0 Å². The Morgan fingerprint density at radius 3 is 2.43 bits per heavy atom. The van der Waals surface area contributed by atoms with Crippen LogP contribution < -0.4 is 0 Å². The van der Waals surface area contributed by atoms with Crippen molar-refractivity contribution in [3.8, 4) is 0 Å². The van der Waals surface area contributed by atoms with Gasteiger partial charge in [0.05, 0.1) is 5.60 Å². The maximum atomic E-state index is 10.9. The maximum absolute atomic E-state index is 10.9. The molecule has 2 atom stereocenters. The van der Waals surface area contributed by atoms with Crippen molar-refractivity contribution in [1.82, 2.24) is 9.80 Å². The SMILES string of the molecule is CN1CCN(CCC2CCC2(O)c2ccc(Cl)cc2)CC1. The Morgan fingerprint density at radius 1 is 1.19 bits per heavy atom. The molecule has 1 aliphatic heterocycles. The molecule has 0 aromatic heterocycles. The van der Waals surface area contributed by atoms with E-state index in [1.54, 1.807) is 0 Å². The van der Waals surface area contributed by atoms with E-state index in [1.807, 2.05) is 24.3 Å². The summed E-state index contributed by atoms with van der Waals surface area (Å²) in [6.45, 7) is 5.73. The van der Waals surface area contributed by atoms with Crippen LogP contribution in [0, 0.1) is 5.92 Å².